The first-order chi connectivity index (χ1) is 15.8. The Morgan fingerprint density at radius 2 is 2.03 bits per heavy atom. The number of fused-ring (bicyclic) bond motifs is 2. The number of imidazole rings is 2. The summed E-state index contributed by atoms with van der Waals surface area (Å²) < 4.78 is 2.09. The summed E-state index contributed by atoms with van der Waals surface area (Å²) in [4.78, 5) is 18.0. The molecule has 6 heteroatoms. The molecule has 1 fully saturated rings. The summed E-state index contributed by atoms with van der Waals surface area (Å²) in [5, 5.41) is 1.37. The van der Waals surface area contributed by atoms with Gasteiger partial charge in [0.05, 0.1) is 12.0 Å². The van der Waals surface area contributed by atoms with Crippen LogP contribution < -0.4 is 0 Å². The second-order valence-corrected chi connectivity index (χ2v) is 8.87. The van der Waals surface area contributed by atoms with Crippen LogP contribution in [0.1, 0.15) is 42.5 Å². The molecule has 0 amide bonds. The Balaban J connectivity index is 1.27. The second-order valence-electron chi connectivity index (χ2n) is 8.87. The zero-order valence-corrected chi connectivity index (χ0v) is 18.4. The first-order valence-electron chi connectivity index (χ1n) is 11.6. The third-order valence-corrected chi connectivity index (χ3v) is 6.97. The Morgan fingerprint density at radius 3 is 2.84 bits per heavy atom. The smallest absolute Gasteiger partial charge is 0.136 e. The van der Waals surface area contributed by atoms with Crippen molar-refractivity contribution in [2.75, 3.05) is 13.1 Å². The van der Waals surface area contributed by atoms with E-state index in [-0.39, 0.29) is 0 Å². The van der Waals surface area contributed by atoms with E-state index in [1.165, 1.54) is 51.8 Å². The highest BCUT2D eigenvalue weighted by molar-refractivity contribution is 5.91. The quantitative estimate of drug-likeness (QED) is 0.410. The summed E-state index contributed by atoms with van der Waals surface area (Å²) in [7, 11) is 0. The van der Waals surface area contributed by atoms with E-state index in [0.717, 1.165) is 31.7 Å². The lowest BCUT2D eigenvalue weighted by molar-refractivity contribution is 0.203. The number of hydrogen-bond donors (Lipinski definition) is 2. The second kappa shape index (κ2) is 7.95. The summed E-state index contributed by atoms with van der Waals surface area (Å²) in [6.45, 7) is 5.48. The van der Waals surface area contributed by atoms with Crippen LogP contribution >= 0.6 is 0 Å². The summed E-state index contributed by atoms with van der Waals surface area (Å²) in [5.74, 6) is 0.628. The van der Waals surface area contributed by atoms with Crippen molar-refractivity contribution in [1.29, 1.82) is 0 Å². The van der Waals surface area contributed by atoms with E-state index in [1.807, 2.05) is 18.6 Å². The number of aromatic nitrogens is 5. The molecule has 1 saturated heterocycles. The van der Waals surface area contributed by atoms with Crippen LogP contribution in [0.3, 0.4) is 0 Å². The molecule has 32 heavy (non-hydrogen) atoms. The minimum atomic E-state index is 0.628. The number of rotatable bonds is 5. The molecule has 5 aromatic rings. The Bertz CT molecular complexity index is 1350. The highest BCUT2D eigenvalue weighted by Gasteiger charge is 2.22. The van der Waals surface area contributed by atoms with Gasteiger partial charge in [0, 0.05) is 53.5 Å². The lowest BCUT2D eigenvalue weighted by Gasteiger charge is -2.31. The molecule has 1 aliphatic rings. The summed E-state index contributed by atoms with van der Waals surface area (Å²) in [6.07, 6.45) is 13.1. The molecule has 1 aliphatic heterocycles. The topological polar surface area (TPSA) is 65.0 Å². The third-order valence-electron chi connectivity index (χ3n) is 6.97. The fraction of sp³-hybridized carbons (Fsp3) is 0.308. The van der Waals surface area contributed by atoms with Gasteiger partial charge in [-0.2, -0.15) is 0 Å². The van der Waals surface area contributed by atoms with E-state index in [1.54, 1.807) is 6.33 Å². The minimum absolute atomic E-state index is 0.628. The van der Waals surface area contributed by atoms with Crippen molar-refractivity contribution in [1.82, 2.24) is 29.2 Å². The number of hydrogen-bond acceptors (Lipinski definition) is 3. The molecular formula is C26H28N6. The molecule has 2 N–H and O–H groups in total. The van der Waals surface area contributed by atoms with Gasteiger partial charge in [-0.15, -0.1) is 0 Å². The van der Waals surface area contributed by atoms with Gasteiger partial charge in [0.25, 0.3) is 0 Å². The van der Waals surface area contributed by atoms with E-state index >= 15 is 0 Å². The van der Waals surface area contributed by atoms with Crippen LogP contribution in [0.4, 0.5) is 0 Å². The number of aryl methyl sites for hydroxylation is 1. The molecular weight excluding hydrogens is 396 g/mol. The first kappa shape index (κ1) is 19.3. The number of benzene rings is 1. The number of likely N-dealkylation sites (tertiary alicyclic amines) is 1. The zero-order chi connectivity index (χ0) is 21.5. The molecule has 6 nitrogen and oxygen atoms in total. The molecule has 0 atom stereocenters. The predicted octanol–water partition coefficient (Wildman–Crippen LogP) is 5.15. The van der Waals surface area contributed by atoms with Crippen molar-refractivity contribution in [3.05, 3.63) is 78.3 Å². The average molecular weight is 425 g/mol. The number of aromatic amines is 2. The van der Waals surface area contributed by atoms with Crippen molar-refractivity contribution in [3.8, 4) is 11.3 Å². The molecule has 0 unspecified atom stereocenters. The van der Waals surface area contributed by atoms with Gasteiger partial charge in [-0.3, -0.25) is 4.90 Å². The van der Waals surface area contributed by atoms with Gasteiger partial charge in [0.1, 0.15) is 5.65 Å². The molecule has 0 aliphatic carbocycles. The number of H-pyrrole nitrogens is 2. The van der Waals surface area contributed by atoms with Crippen molar-refractivity contribution < 1.29 is 0 Å². The lowest BCUT2D eigenvalue weighted by atomic mass is 9.88. The molecule has 5 heterocycles. The standard InChI is InChI=1S/C26H28N6/c1-2-22-23-13-19(18-7-10-31(11-8-18)16-21-14-27-17-29-21)3-5-24(23)30-26(22)20-4-6-25-28-9-12-32(25)15-20/h3-6,9,12-15,17-18,30H,2,7-8,10-11,16H2,1H3,(H,27,29). The SMILES string of the molecule is CCc1c(-c2ccc3nccn3c2)[nH]c2ccc(C3CCN(Cc4cnc[nH]4)CC3)cc12. The van der Waals surface area contributed by atoms with E-state index < -0.39 is 0 Å². The van der Waals surface area contributed by atoms with Gasteiger partial charge in [-0.25, -0.2) is 9.97 Å². The van der Waals surface area contributed by atoms with Crippen molar-refractivity contribution in [2.45, 2.75) is 38.6 Å². The van der Waals surface area contributed by atoms with Gasteiger partial charge >= 0.3 is 0 Å². The fourth-order valence-corrected chi connectivity index (χ4v) is 5.24. The number of pyridine rings is 1. The number of piperidine rings is 1. The van der Waals surface area contributed by atoms with Crippen LogP contribution in [0.2, 0.25) is 0 Å². The molecule has 0 spiro atoms. The zero-order valence-electron chi connectivity index (χ0n) is 18.4. The van der Waals surface area contributed by atoms with Crippen LogP contribution in [-0.2, 0) is 13.0 Å². The molecule has 1 aromatic carbocycles. The van der Waals surface area contributed by atoms with E-state index in [9.17, 15) is 0 Å². The van der Waals surface area contributed by atoms with Crippen LogP contribution in [0.15, 0.2) is 61.4 Å². The largest absolute Gasteiger partial charge is 0.354 e. The Labute approximate surface area is 187 Å². The highest BCUT2D eigenvalue weighted by atomic mass is 15.1. The first-order valence-corrected chi connectivity index (χ1v) is 11.6. The average Bonchev–Trinajstić information content (AvgIpc) is 3.58. The summed E-state index contributed by atoms with van der Waals surface area (Å²) in [6, 6.07) is 11.3. The predicted molar refractivity (Wildman–Crippen MR) is 128 cm³/mol. The van der Waals surface area contributed by atoms with Gasteiger partial charge in [-0.05, 0) is 73.7 Å². The number of nitrogens with one attached hydrogen (secondary N) is 2. The van der Waals surface area contributed by atoms with Gasteiger partial charge in [0.2, 0.25) is 0 Å². The molecule has 0 saturated carbocycles. The third kappa shape index (κ3) is 3.41. The van der Waals surface area contributed by atoms with Crippen LogP contribution in [0.5, 0.6) is 0 Å². The molecule has 0 bridgehead atoms. The molecule has 162 valence electrons. The van der Waals surface area contributed by atoms with Crippen molar-refractivity contribution >= 4 is 16.6 Å². The van der Waals surface area contributed by atoms with Crippen LogP contribution in [0, 0.1) is 0 Å². The normalized spacial score (nSPS) is 15.8. The van der Waals surface area contributed by atoms with Crippen molar-refractivity contribution in [2.24, 2.45) is 0 Å². The van der Waals surface area contributed by atoms with Crippen LogP contribution in [-0.4, -0.2) is 42.3 Å². The highest BCUT2D eigenvalue weighted by Crippen LogP contribution is 2.35. The molecule has 6 rings (SSSR count). The molecule has 0 radical (unpaired) electrons. The van der Waals surface area contributed by atoms with Gasteiger partial charge in [-0.1, -0.05) is 13.0 Å². The summed E-state index contributed by atoms with van der Waals surface area (Å²) in [5.41, 5.74) is 8.71. The Kier molecular flexibility index (Phi) is 4.80. The number of nitrogens with zero attached hydrogens (tertiary/aromatic N) is 4. The lowest BCUT2D eigenvalue weighted by Crippen LogP contribution is -2.32. The Hall–Kier alpha value is -3.38. The van der Waals surface area contributed by atoms with E-state index in [0.29, 0.717) is 5.92 Å². The van der Waals surface area contributed by atoms with Gasteiger partial charge < -0.3 is 14.4 Å². The maximum atomic E-state index is 4.37. The maximum Gasteiger partial charge on any atom is 0.136 e. The fourth-order valence-electron chi connectivity index (χ4n) is 5.24. The summed E-state index contributed by atoms with van der Waals surface area (Å²) >= 11 is 0. The maximum absolute atomic E-state index is 4.37. The Morgan fingerprint density at radius 1 is 1.12 bits per heavy atom. The van der Waals surface area contributed by atoms with E-state index in [2.05, 4.69) is 72.7 Å². The van der Waals surface area contributed by atoms with Crippen LogP contribution in [0.25, 0.3) is 27.8 Å². The molecule has 4 aromatic heterocycles. The minimum Gasteiger partial charge on any atom is -0.354 e. The van der Waals surface area contributed by atoms with E-state index in [4.69, 9.17) is 0 Å². The van der Waals surface area contributed by atoms with Crippen molar-refractivity contribution in [3.63, 3.8) is 0 Å². The monoisotopic (exact) mass is 424 g/mol. The van der Waals surface area contributed by atoms with Gasteiger partial charge in [0.15, 0.2) is 0 Å².